The predicted octanol–water partition coefficient (Wildman–Crippen LogP) is 5.23. The van der Waals surface area contributed by atoms with Crippen LogP contribution >= 0.6 is 0 Å². The molecule has 35 heavy (non-hydrogen) atoms. The van der Waals surface area contributed by atoms with Gasteiger partial charge in [0.05, 0.1) is 14.2 Å². The number of carbonyl (C=O) groups excluding carboxylic acids is 1. The number of hydrogen-bond donors (Lipinski definition) is 0. The van der Waals surface area contributed by atoms with E-state index in [0.29, 0.717) is 16.2 Å². The second-order valence-electron chi connectivity index (χ2n) is 7.63. The molecule has 0 saturated heterocycles. The molecule has 7 nitrogen and oxygen atoms in total. The zero-order chi connectivity index (χ0) is 25.6. The van der Waals surface area contributed by atoms with Gasteiger partial charge in [-0.2, -0.15) is 13.2 Å². The van der Waals surface area contributed by atoms with E-state index < -0.39 is 29.1 Å². The summed E-state index contributed by atoms with van der Waals surface area (Å²) in [6, 6.07) is 16.3. The normalized spacial score (nSPS) is 12.9. The fraction of sp³-hybridized carbons (Fsp3) is 0.240. The van der Waals surface area contributed by atoms with Gasteiger partial charge in [-0.1, -0.05) is 42.5 Å². The zero-order valence-corrected chi connectivity index (χ0v) is 18.9. The van der Waals surface area contributed by atoms with Gasteiger partial charge in [-0.3, -0.25) is 19.8 Å². The van der Waals surface area contributed by atoms with Crippen molar-refractivity contribution >= 4 is 11.6 Å². The molecule has 0 aromatic heterocycles. The highest BCUT2D eigenvalue weighted by Gasteiger charge is 2.50. The van der Waals surface area contributed by atoms with Gasteiger partial charge >= 0.3 is 12.1 Å². The molecule has 3 rings (SSSR count). The van der Waals surface area contributed by atoms with Crippen molar-refractivity contribution in [2.75, 3.05) is 19.1 Å². The Bertz CT molecular complexity index is 1150. The van der Waals surface area contributed by atoms with Gasteiger partial charge in [0.25, 0.3) is 0 Å². The van der Waals surface area contributed by atoms with E-state index in [2.05, 4.69) is 0 Å². The summed E-state index contributed by atoms with van der Waals surface area (Å²) in [5, 5.41) is 12.3. The van der Waals surface area contributed by atoms with Crippen LogP contribution in [-0.2, 0) is 11.2 Å². The van der Waals surface area contributed by atoms with E-state index in [1.165, 1.54) is 56.7 Å². The van der Waals surface area contributed by atoms with Crippen molar-refractivity contribution in [1.29, 1.82) is 0 Å². The van der Waals surface area contributed by atoms with Crippen LogP contribution in [0.3, 0.4) is 0 Å². The molecule has 0 aliphatic heterocycles. The third-order valence-electron chi connectivity index (χ3n) is 5.45. The van der Waals surface area contributed by atoms with Crippen LogP contribution in [0.25, 0.3) is 0 Å². The quantitative estimate of drug-likeness (QED) is 0.304. The average molecular weight is 488 g/mol. The van der Waals surface area contributed by atoms with Crippen LogP contribution in [0.5, 0.6) is 11.5 Å². The number of alkyl halides is 3. The van der Waals surface area contributed by atoms with Crippen LogP contribution in [-0.4, -0.2) is 37.3 Å². The van der Waals surface area contributed by atoms with E-state index in [1.54, 1.807) is 36.4 Å². The molecule has 0 spiro atoms. The molecule has 10 heteroatoms. The molecule has 1 amide bonds. The molecule has 0 aliphatic carbocycles. The van der Waals surface area contributed by atoms with E-state index in [0.717, 1.165) is 0 Å². The van der Waals surface area contributed by atoms with Crippen molar-refractivity contribution in [1.82, 2.24) is 0 Å². The van der Waals surface area contributed by atoms with Gasteiger partial charge in [0.1, 0.15) is 17.5 Å². The van der Waals surface area contributed by atoms with Crippen molar-refractivity contribution in [2.45, 2.75) is 24.7 Å². The van der Waals surface area contributed by atoms with Crippen LogP contribution < -0.4 is 14.4 Å². The minimum atomic E-state index is -5.29. The molecule has 0 radical (unpaired) electrons. The standard InChI is InChI=1S/C25H23F3N2O5/c1-34-20-13-11-19(12-14-20)29(24(31)25(26,27)28)23(18-9-6-10-21(16-18)35-2)22(30(32)33)15-17-7-4-3-5-8-17/h3-14,16,22-23H,15H2,1-2H3/t22-,23+/m1/s1. The van der Waals surface area contributed by atoms with Crippen molar-refractivity contribution in [3.05, 3.63) is 100 Å². The number of benzene rings is 3. The van der Waals surface area contributed by atoms with Gasteiger partial charge in [0.2, 0.25) is 6.04 Å². The maximum absolute atomic E-state index is 13.8. The molecule has 0 bridgehead atoms. The van der Waals surface area contributed by atoms with Gasteiger partial charge in [-0.25, -0.2) is 0 Å². The van der Waals surface area contributed by atoms with E-state index in [-0.39, 0.29) is 23.4 Å². The fourth-order valence-electron chi connectivity index (χ4n) is 3.81. The monoisotopic (exact) mass is 488 g/mol. The number of hydrogen-bond acceptors (Lipinski definition) is 5. The Morgan fingerprint density at radius 1 is 0.943 bits per heavy atom. The molecule has 0 aliphatic rings. The number of nitro groups is 1. The Hall–Kier alpha value is -4.08. The predicted molar refractivity (Wildman–Crippen MR) is 123 cm³/mol. The molecule has 184 valence electrons. The number of ether oxygens (including phenoxy) is 2. The van der Waals surface area contributed by atoms with Crippen molar-refractivity contribution in [3.63, 3.8) is 0 Å². The average Bonchev–Trinajstić information content (AvgIpc) is 2.86. The summed E-state index contributed by atoms with van der Waals surface area (Å²) in [5.74, 6) is -1.60. The van der Waals surface area contributed by atoms with Crippen LogP contribution in [0.1, 0.15) is 17.2 Å². The molecule has 0 N–H and O–H groups in total. The zero-order valence-electron chi connectivity index (χ0n) is 18.9. The lowest BCUT2D eigenvalue weighted by molar-refractivity contribution is -0.526. The largest absolute Gasteiger partial charge is 0.497 e. The highest BCUT2D eigenvalue weighted by atomic mass is 19.4. The number of halogens is 3. The summed E-state index contributed by atoms with van der Waals surface area (Å²) < 4.78 is 51.8. The van der Waals surface area contributed by atoms with E-state index >= 15 is 0 Å². The van der Waals surface area contributed by atoms with E-state index in [4.69, 9.17) is 9.47 Å². The summed E-state index contributed by atoms with van der Waals surface area (Å²) in [6.45, 7) is 0. The molecule has 0 fully saturated rings. The van der Waals surface area contributed by atoms with Crippen molar-refractivity contribution in [2.24, 2.45) is 0 Å². The molecule has 0 saturated carbocycles. The highest BCUT2D eigenvalue weighted by Crippen LogP contribution is 2.37. The van der Waals surface area contributed by atoms with E-state index in [9.17, 15) is 28.1 Å². The maximum Gasteiger partial charge on any atom is 0.471 e. The van der Waals surface area contributed by atoms with Crippen molar-refractivity contribution < 1.29 is 32.4 Å². The van der Waals surface area contributed by atoms with E-state index in [1.807, 2.05) is 0 Å². The molecular weight excluding hydrogens is 465 g/mol. The molecule has 2 atom stereocenters. The lowest BCUT2D eigenvalue weighted by atomic mass is 9.92. The second kappa shape index (κ2) is 10.9. The molecule has 0 heterocycles. The smallest absolute Gasteiger partial charge is 0.471 e. The van der Waals surface area contributed by atoms with Crippen molar-refractivity contribution in [3.8, 4) is 11.5 Å². The lowest BCUT2D eigenvalue weighted by Gasteiger charge is -2.34. The summed E-state index contributed by atoms with van der Waals surface area (Å²) in [4.78, 5) is 24.9. The molecule has 3 aromatic carbocycles. The summed E-state index contributed by atoms with van der Waals surface area (Å²) in [5.41, 5.74) is 0.493. The summed E-state index contributed by atoms with van der Waals surface area (Å²) in [7, 11) is 2.75. The number of rotatable bonds is 9. The van der Waals surface area contributed by atoms with Gasteiger partial charge in [-0.15, -0.1) is 0 Å². The van der Waals surface area contributed by atoms with Crippen LogP contribution in [0.15, 0.2) is 78.9 Å². The Morgan fingerprint density at radius 2 is 1.57 bits per heavy atom. The summed E-state index contributed by atoms with van der Waals surface area (Å²) in [6.07, 6.45) is -5.50. The number of amides is 1. The van der Waals surface area contributed by atoms with Gasteiger partial charge in [-0.05, 0) is 47.5 Å². The Labute approximate surface area is 199 Å². The van der Waals surface area contributed by atoms with Gasteiger partial charge in [0, 0.05) is 17.0 Å². The third kappa shape index (κ3) is 6.08. The third-order valence-corrected chi connectivity index (χ3v) is 5.45. The number of methoxy groups -OCH3 is 2. The summed E-state index contributed by atoms with van der Waals surface area (Å²) >= 11 is 0. The van der Waals surface area contributed by atoms with Gasteiger partial charge in [0.15, 0.2) is 0 Å². The Morgan fingerprint density at radius 3 is 2.11 bits per heavy atom. The first-order valence-electron chi connectivity index (χ1n) is 10.5. The van der Waals surface area contributed by atoms with Crippen LogP contribution in [0.2, 0.25) is 0 Å². The SMILES string of the molecule is COc1ccc(N(C(=O)C(F)(F)F)[C@@H](c2cccc(OC)c2)[C@@H](Cc2ccccc2)[N+](=O)[O-])cc1. The molecule has 3 aromatic rings. The first-order valence-corrected chi connectivity index (χ1v) is 10.5. The van der Waals surface area contributed by atoms with Gasteiger partial charge < -0.3 is 9.47 Å². The van der Waals surface area contributed by atoms with Crippen LogP contribution in [0, 0.1) is 10.1 Å². The molecule has 0 unspecified atom stereocenters. The van der Waals surface area contributed by atoms with Crippen LogP contribution in [0.4, 0.5) is 18.9 Å². The minimum Gasteiger partial charge on any atom is -0.497 e. The maximum atomic E-state index is 13.8. The second-order valence-corrected chi connectivity index (χ2v) is 7.63. The first-order chi connectivity index (χ1) is 16.7. The highest BCUT2D eigenvalue weighted by molar-refractivity contribution is 5.98. The number of carbonyl (C=O) groups is 1. The topological polar surface area (TPSA) is 81.9 Å². The molecular formula is C25H23F3N2O5. The number of anilines is 1. The Kier molecular flexibility index (Phi) is 7.95. The lowest BCUT2D eigenvalue weighted by Crippen LogP contribution is -2.49. The number of nitrogens with zero attached hydrogens (tertiary/aromatic N) is 2. The fourth-order valence-corrected chi connectivity index (χ4v) is 3.81. The minimum absolute atomic E-state index is 0.121. The first kappa shape index (κ1) is 25.5. The Balaban J connectivity index is 2.25.